The molecule has 2 fully saturated rings. The van der Waals surface area contributed by atoms with Crippen molar-refractivity contribution in [1.29, 1.82) is 0 Å². The molecule has 0 radical (unpaired) electrons. The Morgan fingerprint density at radius 3 is 2.65 bits per heavy atom. The normalized spacial score (nSPS) is 19.5. The molecule has 0 unspecified atom stereocenters. The Morgan fingerprint density at radius 2 is 1.92 bits per heavy atom. The van der Waals surface area contributed by atoms with Gasteiger partial charge in [0.05, 0.1) is 12.2 Å². The fourth-order valence-electron chi connectivity index (χ4n) is 4.31. The number of aromatic nitrogens is 2. The molecule has 4 rings (SSSR count). The molecule has 5 heteroatoms. The second kappa shape index (κ2) is 7.62. The molecule has 1 saturated carbocycles. The number of piperazine rings is 1. The number of aryl methyl sites for hydroxylation is 1. The lowest BCUT2D eigenvalue weighted by Crippen LogP contribution is -2.47. The van der Waals surface area contributed by atoms with Gasteiger partial charge < -0.3 is 5.32 Å². The van der Waals surface area contributed by atoms with E-state index < -0.39 is 0 Å². The number of hydrogen-bond acceptors (Lipinski definition) is 3. The first-order chi connectivity index (χ1) is 12.7. The zero-order valence-electron chi connectivity index (χ0n) is 15.6. The van der Waals surface area contributed by atoms with Crippen molar-refractivity contribution in [1.82, 2.24) is 20.0 Å². The number of nitrogens with one attached hydrogen (secondary N) is 1. The molecule has 1 aliphatic carbocycles. The van der Waals surface area contributed by atoms with Crippen LogP contribution in [0.25, 0.3) is 11.3 Å². The van der Waals surface area contributed by atoms with Crippen molar-refractivity contribution in [3.05, 3.63) is 41.6 Å². The van der Waals surface area contributed by atoms with E-state index in [1.807, 2.05) is 11.7 Å². The van der Waals surface area contributed by atoms with Crippen molar-refractivity contribution < 1.29 is 4.79 Å². The highest BCUT2D eigenvalue weighted by molar-refractivity contribution is 5.78. The first-order valence-corrected chi connectivity index (χ1v) is 9.81. The van der Waals surface area contributed by atoms with Gasteiger partial charge in [-0.25, -0.2) is 0 Å². The van der Waals surface area contributed by atoms with Gasteiger partial charge in [-0.2, -0.15) is 5.10 Å². The zero-order valence-corrected chi connectivity index (χ0v) is 15.6. The van der Waals surface area contributed by atoms with E-state index in [0.29, 0.717) is 6.54 Å². The smallest absolute Gasteiger partial charge is 0.234 e. The first kappa shape index (κ1) is 17.3. The predicted molar refractivity (Wildman–Crippen MR) is 103 cm³/mol. The predicted octanol–water partition coefficient (Wildman–Crippen LogP) is 3.07. The lowest BCUT2D eigenvalue weighted by atomic mass is 9.84. The second-order valence-corrected chi connectivity index (χ2v) is 7.69. The van der Waals surface area contributed by atoms with E-state index in [1.165, 1.54) is 48.8 Å². The fraction of sp³-hybridized carbons (Fsp3) is 0.524. The quantitative estimate of drug-likeness (QED) is 0.920. The second-order valence-electron chi connectivity index (χ2n) is 7.69. The van der Waals surface area contributed by atoms with Gasteiger partial charge in [0.2, 0.25) is 5.91 Å². The average molecular weight is 352 g/mol. The summed E-state index contributed by atoms with van der Waals surface area (Å²) in [6, 6.07) is 9.02. The summed E-state index contributed by atoms with van der Waals surface area (Å²) in [5, 5.41) is 7.58. The summed E-state index contributed by atoms with van der Waals surface area (Å²) in [5.74, 6) is 0.839. The van der Waals surface area contributed by atoms with Crippen LogP contribution in [0.4, 0.5) is 0 Å². The molecule has 0 bridgehead atoms. The maximum atomic E-state index is 11.6. The number of carbonyl (C=O) groups is 1. The van der Waals surface area contributed by atoms with Crippen molar-refractivity contribution >= 4 is 5.91 Å². The van der Waals surface area contributed by atoms with Gasteiger partial charge in [-0.1, -0.05) is 43.5 Å². The summed E-state index contributed by atoms with van der Waals surface area (Å²) in [5.41, 5.74) is 4.86. The van der Waals surface area contributed by atoms with E-state index >= 15 is 0 Å². The third kappa shape index (κ3) is 3.83. The molecule has 26 heavy (non-hydrogen) atoms. The van der Waals surface area contributed by atoms with Crippen LogP contribution in [0, 0.1) is 0 Å². The van der Waals surface area contributed by atoms with E-state index in [0.717, 1.165) is 31.2 Å². The van der Waals surface area contributed by atoms with Gasteiger partial charge in [0.15, 0.2) is 0 Å². The Labute approximate surface area is 155 Å². The number of nitrogens with zero attached hydrogens (tertiary/aromatic N) is 3. The van der Waals surface area contributed by atoms with Crippen LogP contribution >= 0.6 is 0 Å². The van der Waals surface area contributed by atoms with Crippen LogP contribution < -0.4 is 5.32 Å². The lowest BCUT2D eigenvalue weighted by molar-refractivity contribution is -0.124. The minimum Gasteiger partial charge on any atom is -0.354 e. The number of carbonyl (C=O) groups excluding carboxylic acids is 1. The third-order valence-corrected chi connectivity index (χ3v) is 5.68. The van der Waals surface area contributed by atoms with Crippen LogP contribution in [0.15, 0.2) is 30.5 Å². The summed E-state index contributed by atoms with van der Waals surface area (Å²) in [6.45, 7) is 2.85. The van der Waals surface area contributed by atoms with Gasteiger partial charge in [-0.15, -0.1) is 0 Å². The molecular weight excluding hydrogens is 324 g/mol. The highest BCUT2D eigenvalue weighted by Gasteiger charge is 2.20. The first-order valence-electron chi connectivity index (χ1n) is 9.81. The van der Waals surface area contributed by atoms with E-state index in [-0.39, 0.29) is 5.91 Å². The van der Waals surface area contributed by atoms with Crippen LogP contribution in [-0.2, 0) is 18.4 Å². The monoisotopic (exact) mass is 352 g/mol. The average Bonchev–Trinajstić information content (AvgIpc) is 3.03. The molecule has 138 valence electrons. The Kier molecular flexibility index (Phi) is 5.07. The van der Waals surface area contributed by atoms with Gasteiger partial charge in [0.1, 0.15) is 0 Å². The molecular formula is C21H28N4O. The van der Waals surface area contributed by atoms with E-state index in [9.17, 15) is 4.79 Å². The molecule has 2 aliphatic rings. The van der Waals surface area contributed by atoms with Gasteiger partial charge >= 0.3 is 0 Å². The Hall–Kier alpha value is -2.14. The number of amides is 1. The van der Waals surface area contributed by atoms with Crippen molar-refractivity contribution in [3.63, 3.8) is 0 Å². The van der Waals surface area contributed by atoms with Gasteiger partial charge in [-0.3, -0.25) is 14.4 Å². The topological polar surface area (TPSA) is 50.2 Å². The van der Waals surface area contributed by atoms with Gasteiger partial charge in [0.25, 0.3) is 0 Å². The number of benzene rings is 1. The molecule has 1 aliphatic heterocycles. The fourth-order valence-corrected chi connectivity index (χ4v) is 4.31. The van der Waals surface area contributed by atoms with E-state index in [4.69, 9.17) is 5.10 Å². The van der Waals surface area contributed by atoms with Crippen molar-refractivity contribution in [2.75, 3.05) is 19.6 Å². The van der Waals surface area contributed by atoms with Gasteiger partial charge in [-0.05, 0) is 24.3 Å². The Balaban J connectivity index is 1.52. The third-order valence-electron chi connectivity index (χ3n) is 5.68. The minimum atomic E-state index is 0.110. The summed E-state index contributed by atoms with van der Waals surface area (Å²) in [7, 11) is 1.96. The molecule has 1 N–H and O–H groups in total. The Bertz CT molecular complexity index is 759. The van der Waals surface area contributed by atoms with Crippen molar-refractivity contribution in [2.24, 2.45) is 7.05 Å². The van der Waals surface area contributed by atoms with Gasteiger partial charge in [0, 0.05) is 44.0 Å². The maximum Gasteiger partial charge on any atom is 0.234 e. The van der Waals surface area contributed by atoms with E-state index in [1.54, 1.807) is 0 Å². The van der Waals surface area contributed by atoms with Crippen LogP contribution in [-0.4, -0.2) is 40.2 Å². The summed E-state index contributed by atoms with van der Waals surface area (Å²) in [4.78, 5) is 13.8. The van der Waals surface area contributed by atoms with Crippen LogP contribution in [0.2, 0.25) is 0 Å². The van der Waals surface area contributed by atoms with Crippen molar-refractivity contribution in [2.45, 2.75) is 44.6 Å². The van der Waals surface area contributed by atoms with Crippen LogP contribution in [0.1, 0.15) is 49.1 Å². The molecule has 1 saturated heterocycles. The molecule has 0 atom stereocenters. The summed E-state index contributed by atoms with van der Waals surface area (Å²) in [6.07, 6.45) is 8.84. The zero-order chi connectivity index (χ0) is 17.9. The molecule has 1 amide bonds. The summed E-state index contributed by atoms with van der Waals surface area (Å²) >= 11 is 0. The summed E-state index contributed by atoms with van der Waals surface area (Å²) < 4.78 is 1.88. The van der Waals surface area contributed by atoms with Crippen LogP contribution in [0.3, 0.4) is 0 Å². The standard InChI is InChI=1S/C21H28N4O/c1-24-13-19(14-25-12-11-22-20(26)15-25)21(23-24)18-9-7-17(8-10-18)16-5-3-2-4-6-16/h7-10,13,16H,2-6,11-12,14-15H2,1H3,(H,22,26). The number of hydrogen-bond donors (Lipinski definition) is 1. The SMILES string of the molecule is Cn1cc(CN2CCNC(=O)C2)c(-c2ccc(C3CCCCC3)cc2)n1. The van der Waals surface area contributed by atoms with Crippen LogP contribution in [0.5, 0.6) is 0 Å². The van der Waals surface area contributed by atoms with Crippen molar-refractivity contribution in [3.8, 4) is 11.3 Å². The molecule has 2 heterocycles. The largest absolute Gasteiger partial charge is 0.354 e. The lowest BCUT2D eigenvalue weighted by Gasteiger charge is -2.26. The van der Waals surface area contributed by atoms with E-state index in [2.05, 4.69) is 40.7 Å². The molecule has 5 nitrogen and oxygen atoms in total. The molecule has 0 spiro atoms. The number of rotatable bonds is 4. The highest BCUT2D eigenvalue weighted by Crippen LogP contribution is 2.33. The Morgan fingerprint density at radius 1 is 1.15 bits per heavy atom. The highest BCUT2D eigenvalue weighted by atomic mass is 16.2. The minimum absolute atomic E-state index is 0.110. The molecule has 2 aromatic rings. The molecule has 1 aromatic heterocycles. The maximum absolute atomic E-state index is 11.6. The molecule has 1 aromatic carbocycles.